The molecule has 8 nitrogen and oxygen atoms in total. The monoisotopic (exact) mass is 280 g/mol. The molecule has 0 aromatic carbocycles. The van der Waals surface area contributed by atoms with Gasteiger partial charge in [-0.1, -0.05) is 0 Å². The lowest BCUT2D eigenvalue weighted by molar-refractivity contribution is -0.0948. The van der Waals surface area contributed by atoms with Gasteiger partial charge in [0, 0.05) is 17.8 Å². The first-order valence-electron chi connectivity index (χ1n) is 6.21. The van der Waals surface area contributed by atoms with E-state index < -0.39 is 24.0 Å². The molecule has 0 saturated carbocycles. The second-order valence-corrected chi connectivity index (χ2v) is 5.11. The Morgan fingerprint density at radius 3 is 2.95 bits per heavy atom. The van der Waals surface area contributed by atoms with Crippen molar-refractivity contribution in [2.75, 3.05) is 12.3 Å². The summed E-state index contributed by atoms with van der Waals surface area (Å²) >= 11 is 0. The van der Waals surface area contributed by atoms with Gasteiger partial charge in [0.2, 0.25) is 5.95 Å². The van der Waals surface area contributed by atoms with E-state index >= 15 is 0 Å². The molecule has 4 atom stereocenters. The van der Waals surface area contributed by atoms with Crippen molar-refractivity contribution < 1.29 is 20.1 Å². The fraction of sp³-hybridized carbons (Fsp3) is 0.500. The summed E-state index contributed by atoms with van der Waals surface area (Å²) < 4.78 is 7.12. The first-order valence-corrected chi connectivity index (χ1v) is 6.21. The van der Waals surface area contributed by atoms with Crippen LogP contribution in [0, 0.1) is 0 Å². The minimum absolute atomic E-state index is 0.106. The number of anilines is 1. The number of nitrogens with zero attached hydrogens (tertiary/aromatic N) is 3. The van der Waals surface area contributed by atoms with Crippen LogP contribution in [0.1, 0.15) is 13.2 Å². The average Bonchev–Trinajstić information content (AvgIpc) is 2.90. The van der Waals surface area contributed by atoms with Gasteiger partial charge >= 0.3 is 0 Å². The lowest BCUT2D eigenvalue weighted by atomic mass is 9.96. The van der Waals surface area contributed by atoms with Crippen molar-refractivity contribution in [3.05, 3.63) is 18.5 Å². The van der Waals surface area contributed by atoms with Gasteiger partial charge in [0.25, 0.3) is 0 Å². The zero-order chi connectivity index (χ0) is 14.5. The third kappa shape index (κ3) is 1.77. The predicted octanol–water partition coefficient (Wildman–Crippen LogP) is -0.985. The van der Waals surface area contributed by atoms with Crippen LogP contribution in [0.4, 0.5) is 5.95 Å². The fourth-order valence-corrected chi connectivity index (χ4v) is 2.53. The number of aromatic nitrogens is 3. The van der Waals surface area contributed by atoms with Crippen molar-refractivity contribution in [2.45, 2.75) is 31.0 Å². The molecule has 1 fully saturated rings. The maximum atomic E-state index is 10.4. The molecule has 108 valence electrons. The molecule has 3 rings (SSSR count). The molecule has 1 saturated heterocycles. The quantitative estimate of drug-likeness (QED) is 0.556. The van der Waals surface area contributed by atoms with Crippen LogP contribution in [0.25, 0.3) is 11.0 Å². The van der Waals surface area contributed by atoms with Gasteiger partial charge in [-0.3, -0.25) is 0 Å². The minimum atomic E-state index is -1.56. The molecule has 0 aliphatic carbocycles. The molecule has 0 spiro atoms. The number of nitrogens with two attached hydrogens (primary N) is 1. The normalized spacial score (nSPS) is 33.9. The summed E-state index contributed by atoms with van der Waals surface area (Å²) in [4.78, 5) is 8.01. The Morgan fingerprint density at radius 2 is 2.30 bits per heavy atom. The number of fused-ring (bicyclic) bond motifs is 1. The lowest BCUT2D eigenvalue weighted by Crippen LogP contribution is -2.44. The molecule has 0 amide bonds. The third-order valence-electron chi connectivity index (χ3n) is 3.66. The smallest absolute Gasteiger partial charge is 0.221 e. The summed E-state index contributed by atoms with van der Waals surface area (Å²) in [6.07, 6.45) is 0.310. The van der Waals surface area contributed by atoms with Crippen molar-refractivity contribution in [1.82, 2.24) is 14.5 Å². The van der Waals surface area contributed by atoms with Crippen LogP contribution < -0.4 is 5.73 Å². The van der Waals surface area contributed by atoms with Crippen molar-refractivity contribution in [1.29, 1.82) is 0 Å². The van der Waals surface area contributed by atoms with Gasteiger partial charge in [0.05, 0.1) is 6.61 Å². The van der Waals surface area contributed by atoms with Gasteiger partial charge in [-0.2, -0.15) is 4.98 Å². The molecule has 2 aromatic heterocycles. The van der Waals surface area contributed by atoms with Crippen molar-refractivity contribution >= 4 is 17.0 Å². The third-order valence-corrected chi connectivity index (χ3v) is 3.66. The van der Waals surface area contributed by atoms with E-state index in [1.54, 1.807) is 23.0 Å². The molecule has 8 heteroatoms. The van der Waals surface area contributed by atoms with Crippen molar-refractivity contribution in [3.63, 3.8) is 0 Å². The van der Waals surface area contributed by atoms with Gasteiger partial charge in [-0.25, -0.2) is 4.98 Å². The second kappa shape index (κ2) is 4.38. The highest BCUT2D eigenvalue weighted by Crippen LogP contribution is 2.39. The van der Waals surface area contributed by atoms with E-state index in [1.165, 1.54) is 6.92 Å². The Labute approximate surface area is 114 Å². The largest absolute Gasteiger partial charge is 0.394 e. The molecule has 20 heavy (non-hydrogen) atoms. The van der Waals surface area contributed by atoms with Gasteiger partial charge in [0.1, 0.15) is 23.5 Å². The number of ether oxygens (including phenoxy) is 1. The van der Waals surface area contributed by atoms with Crippen LogP contribution in [-0.2, 0) is 4.74 Å². The number of hydrogen-bond acceptors (Lipinski definition) is 7. The van der Waals surface area contributed by atoms with E-state index in [2.05, 4.69) is 9.97 Å². The Kier molecular flexibility index (Phi) is 2.91. The molecule has 0 radical (unpaired) electrons. The Balaban J connectivity index is 2.09. The maximum absolute atomic E-state index is 10.4. The number of hydrogen-bond donors (Lipinski definition) is 4. The van der Waals surface area contributed by atoms with Crippen LogP contribution in [0.15, 0.2) is 18.5 Å². The van der Waals surface area contributed by atoms with Crippen LogP contribution in [-0.4, -0.2) is 54.3 Å². The average molecular weight is 280 g/mol. The molecular weight excluding hydrogens is 264 g/mol. The number of aliphatic hydroxyl groups is 3. The summed E-state index contributed by atoms with van der Waals surface area (Å²) in [5.41, 5.74) is 4.51. The number of aliphatic hydroxyl groups excluding tert-OH is 2. The van der Waals surface area contributed by atoms with Gasteiger partial charge in [-0.15, -0.1) is 0 Å². The molecule has 1 aliphatic heterocycles. The van der Waals surface area contributed by atoms with Crippen molar-refractivity contribution in [3.8, 4) is 0 Å². The zero-order valence-corrected chi connectivity index (χ0v) is 10.8. The summed E-state index contributed by atoms with van der Waals surface area (Å²) in [6, 6.07) is 1.76. The standard InChI is InChI=1S/C12H16N4O4/c1-12(19)8(18)7(5-17)20-10(12)16-3-2-6-4-14-11(13)15-9(6)16/h2-4,7-8,10,17-19H,5H2,1H3,(H2,13,14,15)/t7-,8?,10-,12-/m1/s1. The van der Waals surface area contributed by atoms with Crippen LogP contribution in [0.3, 0.4) is 0 Å². The Bertz CT molecular complexity index is 641. The van der Waals surface area contributed by atoms with Gasteiger partial charge in [-0.05, 0) is 13.0 Å². The van der Waals surface area contributed by atoms with Gasteiger partial charge < -0.3 is 30.4 Å². The van der Waals surface area contributed by atoms with E-state index in [9.17, 15) is 15.3 Å². The molecule has 2 aromatic rings. The second-order valence-electron chi connectivity index (χ2n) is 5.11. The van der Waals surface area contributed by atoms with Crippen LogP contribution in [0.5, 0.6) is 0 Å². The molecule has 1 unspecified atom stereocenters. The van der Waals surface area contributed by atoms with E-state index in [-0.39, 0.29) is 12.6 Å². The van der Waals surface area contributed by atoms with Crippen LogP contribution >= 0.6 is 0 Å². The predicted molar refractivity (Wildman–Crippen MR) is 69.6 cm³/mol. The van der Waals surface area contributed by atoms with Crippen molar-refractivity contribution in [2.24, 2.45) is 0 Å². The lowest BCUT2D eigenvalue weighted by Gasteiger charge is -2.27. The number of rotatable bonds is 2. The Morgan fingerprint density at radius 1 is 1.55 bits per heavy atom. The highest BCUT2D eigenvalue weighted by Gasteiger charge is 2.53. The highest BCUT2D eigenvalue weighted by molar-refractivity contribution is 5.76. The molecule has 3 heterocycles. The fourth-order valence-electron chi connectivity index (χ4n) is 2.53. The van der Waals surface area contributed by atoms with E-state index in [0.29, 0.717) is 5.65 Å². The van der Waals surface area contributed by atoms with E-state index in [4.69, 9.17) is 10.5 Å². The summed E-state index contributed by atoms with van der Waals surface area (Å²) in [7, 11) is 0. The first kappa shape index (κ1) is 13.3. The first-order chi connectivity index (χ1) is 9.45. The molecule has 1 aliphatic rings. The summed E-state index contributed by atoms with van der Waals surface area (Å²) in [6.45, 7) is 1.07. The van der Waals surface area contributed by atoms with E-state index in [0.717, 1.165) is 5.39 Å². The topological polar surface area (TPSA) is 127 Å². The van der Waals surface area contributed by atoms with Gasteiger partial charge in [0.15, 0.2) is 6.23 Å². The SMILES string of the molecule is C[C@@]1(O)C(O)[C@@H](CO)O[C@H]1n1ccc2cnc(N)nc21. The summed E-state index contributed by atoms with van der Waals surface area (Å²) in [5.74, 6) is 0.106. The van der Waals surface area contributed by atoms with Crippen LogP contribution in [0.2, 0.25) is 0 Å². The Hall–Kier alpha value is -1.74. The molecule has 0 bridgehead atoms. The minimum Gasteiger partial charge on any atom is -0.394 e. The zero-order valence-electron chi connectivity index (χ0n) is 10.8. The molecule has 5 N–H and O–H groups in total. The highest BCUT2D eigenvalue weighted by atomic mass is 16.6. The van der Waals surface area contributed by atoms with E-state index in [1.807, 2.05) is 0 Å². The summed E-state index contributed by atoms with van der Waals surface area (Å²) in [5, 5.41) is 30.4. The number of nitrogen functional groups attached to an aromatic ring is 1. The maximum Gasteiger partial charge on any atom is 0.221 e. The molecular formula is C12H16N4O4.